The number of piperidine rings is 1. The summed E-state index contributed by atoms with van der Waals surface area (Å²) in [5.74, 6) is 1.54. The van der Waals surface area contributed by atoms with E-state index in [-0.39, 0.29) is 11.9 Å². The van der Waals surface area contributed by atoms with Gasteiger partial charge in [0, 0.05) is 19.0 Å². The van der Waals surface area contributed by atoms with Gasteiger partial charge in [-0.3, -0.25) is 4.79 Å². The van der Waals surface area contributed by atoms with Crippen LogP contribution in [0.3, 0.4) is 0 Å². The summed E-state index contributed by atoms with van der Waals surface area (Å²) in [6, 6.07) is 9.97. The summed E-state index contributed by atoms with van der Waals surface area (Å²) in [7, 11) is 0. The van der Waals surface area contributed by atoms with Gasteiger partial charge in [-0.05, 0) is 37.4 Å². The Morgan fingerprint density at radius 1 is 1.40 bits per heavy atom. The highest BCUT2D eigenvalue weighted by Gasteiger charge is 2.22. The quantitative estimate of drug-likeness (QED) is 0.781. The first-order valence-electron chi connectivity index (χ1n) is 7.43. The number of nitrogens with one attached hydrogen (secondary N) is 2. The average molecular weight is 276 g/mol. The van der Waals surface area contributed by atoms with Crippen LogP contribution >= 0.6 is 0 Å². The van der Waals surface area contributed by atoms with Gasteiger partial charge < -0.3 is 15.4 Å². The Kier molecular flexibility index (Phi) is 5.87. The molecule has 2 atom stereocenters. The molecule has 1 aliphatic rings. The van der Waals surface area contributed by atoms with E-state index in [1.165, 1.54) is 0 Å². The number of hydrogen-bond donors (Lipinski definition) is 2. The Morgan fingerprint density at radius 2 is 2.20 bits per heavy atom. The third-order valence-electron chi connectivity index (χ3n) is 3.73. The molecule has 0 saturated carbocycles. The van der Waals surface area contributed by atoms with E-state index in [4.69, 9.17) is 4.74 Å². The van der Waals surface area contributed by atoms with E-state index < -0.39 is 0 Å². The number of ether oxygens (including phenoxy) is 1. The summed E-state index contributed by atoms with van der Waals surface area (Å²) in [5.41, 5.74) is 0. The largest absolute Gasteiger partial charge is 0.494 e. The van der Waals surface area contributed by atoms with Crippen molar-refractivity contribution in [2.75, 3.05) is 19.7 Å². The Morgan fingerprint density at radius 3 is 2.95 bits per heavy atom. The second-order valence-corrected chi connectivity index (χ2v) is 5.41. The third-order valence-corrected chi connectivity index (χ3v) is 3.73. The predicted octanol–water partition coefficient (Wildman–Crippen LogP) is 1.96. The number of carbonyl (C=O) groups excluding carboxylic acids is 1. The van der Waals surface area contributed by atoms with Gasteiger partial charge in [0.25, 0.3) is 0 Å². The molecular formula is C16H24N2O2. The van der Waals surface area contributed by atoms with Crippen molar-refractivity contribution in [1.29, 1.82) is 0 Å². The molecule has 1 aromatic carbocycles. The van der Waals surface area contributed by atoms with Crippen LogP contribution in [0.25, 0.3) is 0 Å². The Balaban J connectivity index is 1.60. The molecule has 2 rings (SSSR count). The molecule has 0 bridgehead atoms. The number of benzene rings is 1. The SMILES string of the molecule is CC1CCNCC1NC(=O)CCCOc1ccccc1. The molecule has 20 heavy (non-hydrogen) atoms. The number of rotatable bonds is 6. The van der Waals surface area contributed by atoms with E-state index in [0.717, 1.165) is 31.7 Å². The van der Waals surface area contributed by atoms with Crippen LogP contribution in [0.15, 0.2) is 30.3 Å². The Bertz CT molecular complexity index is 408. The first-order valence-corrected chi connectivity index (χ1v) is 7.43. The summed E-state index contributed by atoms with van der Waals surface area (Å²) < 4.78 is 5.58. The molecule has 1 aliphatic heterocycles. The summed E-state index contributed by atoms with van der Waals surface area (Å²) in [4.78, 5) is 11.9. The summed E-state index contributed by atoms with van der Waals surface area (Å²) >= 11 is 0. The first-order chi connectivity index (χ1) is 9.75. The molecule has 1 amide bonds. The van der Waals surface area contributed by atoms with Crippen molar-refractivity contribution < 1.29 is 9.53 Å². The van der Waals surface area contributed by atoms with E-state index in [2.05, 4.69) is 17.6 Å². The number of hydrogen-bond acceptors (Lipinski definition) is 3. The van der Waals surface area contributed by atoms with Crippen molar-refractivity contribution >= 4 is 5.91 Å². The van der Waals surface area contributed by atoms with Crippen molar-refractivity contribution in [3.05, 3.63) is 30.3 Å². The summed E-state index contributed by atoms with van der Waals surface area (Å²) in [5, 5.41) is 6.43. The molecule has 1 saturated heterocycles. The van der Waals surface area contributed by atoms with Gasteiger partial charge in [0.15, 0.2) is 0 Å². The molecule has 1 aromatic rings. The molecule has 0 aromatic heterocycles. The van der Waals surface area contributed by atoms with Crippen LogP contribution in [0, 0.1) is 5.92 Å². The molecule has 0 radical (unpaired) electrons. The molecule has 4 nitrogen and oxygen atoms in total. The minimum absolute atomic E-state index is 0.127. The smallest absolute Gasteiger partial charge is 0.220 e. The standard InChI is InChI=1S/C16H24N2O2/c1-13-9-10-17-12-15(13)18-16(19)8-5-11-20-14-6-3-2-4-7-14/h2-4,6-7,13,15,17H,5,8-12H2,1H3,(H,18,19). The minimum Gasteiger partial charge on any atom is -0.494 e. The molecule has 1 heterocycles. The van der Waals surface area contributed by atoms with Crippen LogP contribution in [0.2, 0.25) is 0 Å². The Labute approximate surface area is 120 Å². The van der Waals surface area contributed by atoms with Gasteiger partial charge >= 0.3 is 0 Å². The highest BCUT2D eigenvalue weighted by molar-refractivity contribution is 5.76. The fourth-order valence-electron chi connectivity index (χ4n) is 2.40. The number of para-hydroxylation sites is 1. The molecule has 110 valence electrons. The van der Waals surface area contributed by atoms with Gasteiger partial charge in [-0.15, -0.1) is 0 Å². The topological polar surface area (TPSA) is 50.4 Å². The lowest BCUT2D eigenvalue weighted by Crippen LogP contribution is -2.50. The van der Waals surface area contributed by atoms with Crippen molar-refractivity contribution in [2.45, 2.75) is 32.2 Å². The van der Waals surface area contributed by atoms with Gasteiger partial charge in [-0.25, -0.2) is 0 Å². The van der Waals surface area contributed by atoms with E-state index in [1.54, 1.807) is 0 Å². The van der Waals surface area contributed by atoms with E-state index >= 15 is 0 Å². The van der Waals surface area contributed by atoms with Crippen molar-refractivity contribution in [3.8, 4) is 5.75 Å². The van der Waals surface area contributed by atoms with Crippen molar-refractivity contribution in [3.63, 3.8) is 0 Å². The van der Waals surface area contributed by atoms with Crippen LogP contribution in [0.4, 0.5) is 0 Å². The monoisotopic (exact) mass is 276 g/mol. The average Bonchev–Trinajstić information content (AvgIpc) is 2.47. The van der Waals surface area contributed by atoms with Gasteiger partial charge in [-0.1, -0.05) is 25.1 Å². The van der Waals surface area contributed by atoms with Crippen molar-refractivity contribution in [2.24, 2.45) is 5.92 Å². The molecule has 4 heteroatoms. The van der Waals surface area contributed by atoms with Crippen LogP contribution in [-0.4, -0.2) is 31.6 Å². The maximum absolute atomic E-state index is 11.9. The molecule has 2 unspecified atom stereocenters. The van der Waals surface area contributed by atoms with Crippen molar-refractivity contribution in [1.82, 2.24) is 10.6 Å². The molecule has 2 N–H and O–H groups in total. The van der Waals surface area contributed by atoms with Crippen LogP contribution < -0.4 is 15.4 Å². The zero-order valence-corrected chi connectivity index (χ0v) is 12.1. The maximum Gasteiger partial charge on any atom is 0.220 e. The first kappa shape index (κ1) is 14.9. The zero-order valence-electron chi connectivity index (χ0n) is 12.1. The lowest BCUT2D eigenvalue weighted by molar-refractivity contribution is -0.122. The van der Waals surface area contributed by atoms with E-state index in [9.17, 15) is 4.79 Å². The van der Waals surface area contributed by atoms with Gasteiger partial charge in [0.1, 0.15) is 5.75 Å². The molecule has 0 aliphatic carbocycles. The fourth-order valence-corrected chi connectivity index (χ4v) is 2.40. The van der Waals surface area contributed by atoms with E-state index in [0.29, 0.717) is 18.9 Å². The number of carbonyl (C=O) groups is 1. The minimum atomic E-state index is 0.127. The van der Waals surface area contributed by atoms with Crippen LogP contribution in [0.5, 0.6) is 5.75 Å². The molecule has 1 fully saturated rings. The fraction of sp³-hybridized carbons (Fsp3) is 0.562. The lowest BCUT2D eigenvalue weighted by Gasteiger charge is -2.30. The lowest BCUT2D eigenvalue weighted by atomic mass is 9.95. The zero-order chi connectivity index (χ0) is 14.2. The highest BCUT2D eigenvalue weighted by atomic mass is 16.5. The third kappa shape index (κ3) is 4.85. The Hall–Kier alpha value is -1.55. The van der Waals surface area contributed by atoms with Gasteiger partial charge in [0.05, 0.1) is 6.61 Å². The second kappa shape index (κ2) is 7.90. The van der Waals surface area contributed by atoms with Gasteiger partial charge in [-0.2, -0.15) is 0 Å². The van der Waals surface area contributed by atoms with Crippen LogP contribution in [0.1, 0.15) is 26.2 Å². The highest BCUT2D eigenvalue weighted by Crippen LogP contribution is 2.12. The number of amides is 1. The van der Waals surface area contributed by atoms with Crippen LogP contribution in [-0.2, 0) is 4.79 Å². The maximum atomic E-state index is 11.9. The summed E-state index contributed by atoms with van der Waals surface area (Å²) in [6.45, 7) is 4.71. The molecule has 0 spiro atoms. The molecular weight excluding hydrogens is 252 g/mol. The second-order valence-electron chi connectivity index (χ2n) is 5.41. The van der Waals surface area contributed by atoms with E-state index in [1.807, 2.05) is 30.3 Å². The summed E-state index contributed by atoms with van der Waals surface area (Å²) in [6.07, 6.45) is 2.40. The normalized spacial score (nSPS) is 22.2. The van der Waals surface area contributed by atoms with Gasteiger partial charge in [0.2, 0.25) is 5.91 Å². The predicted molar refractivity (Wildman–Crippen MR) is 79.8 cm³/mol.